The van der Waals surface area contributed by atoms with Crippen molar-refractivity contribution in [1.29, 1.82) is 0 Å². The van der Waals surface area contributed by atoms with Crippen LogP contribution in [0, 0.1) is 11.3 Å². The molecule has 0 saturated heterocycles. The Balaban J connectivity index is 3.95. The molecule has 0 rings (SSSR count). The fourth-order valence-electron chi connectivity index (χ4n) is 1.33. The molecule has 80 valence electrons. The summed E-state index contributed by atoms with van der Waals surface area (Å²) in [5, 5.41) is 3.58. The molecule has 0 aliphatic carbocycles. The third kappa shape index (κ3) is 6.34. The van der Waals surface area contributed by atoms with Crippen LogP contribution in [-0.2, 0) is 0 Å². The van der Waals surface area contributed by atoms with Gasteiger partial charge in [-0.2, -0.15) is 0 Å². The molecule has 13 heavy (non-hydrogen) atoms. The maximum absolute atomic E-state index is 5.78. The highest BCUT2D eigenvalue weighted by atomic mass is 35.5. The van der Waals surface area contributed by atoms with Gasteiger partial charge in [0.1, 0.15) is 0 Å². The molecule has 0 amide bonds. The van der Waals surface area contributed by atoms with E-state index in [-0.39, 0.29) is 0 Å². The predicted molar refractivity (Wildman–Crippen MR) is 61.4 cm³/mol. The van der Waals surface area contributed by atoms with E-state index in [1.54, 1.807) is 0 Å². The zero-order valence-electron chi connectivity index (χ0n) is 9.65. The van der Waals surface area contributed by atoms with Gasteiger partial charge >= 0.3 is 0 Å². The second-order valence-corrected chi connectivity index (χ2v) is 5.58. The zero-order valence-corrected chi connectivity index (χ0v) is 10.4. The minimum absolute atomic E-state index is 0.309. The SMILES string of the molecule is CC(C)CNC(CCCl)C(C)(C)C. The Morgan fingerprint density at radius 3 is 2.08 bits per heavy atom. The van der Waals surface area contributed by atoms with Crippen LogP contribution in [0.1, 0.15) is 41.0 Å². The maximum atomic E-state index is 5.78. The molecular formula is C11H24ClN. The highest BCUT2D eigenvalue weighted by Gasteiger charge is 2.23. The Bertz CT molecular complexity index is 127. The smallest absolute Gasteiger partial charge is 0.0238 e. The van der Waals surface area contributed by atoms with E-state index in [1.807, 2.05) is 0 Å². The van der Waals surface area contributed by atoms with E-state index in [0.717, 1.165) is 18.8 Å². The van der Waals surface area contributed by atoms with Crippen molar-refractivity contribution in [2.75, 3.05) is 12.4 Å². The lowest BCUT2D eigenvalue weighted by atomic mass is 9.85. The minimum Gasteiger partial charge on any atom is -0.313 e. The lowest BCUT2D eigenvalue weighted by Crippen LogP contribution is -2.42. The van der Waals surface area contributed by atoms with Crippen LogP contribution in [0.4, 0.5) is 0 Å². The number of halogens is 1. The normalized spacial score (nSPS) is 15.0. The van der Waals surface area contributed by atoms with Crippen molar-refractivity contribution in [3.63, 3.8) is 0 Å². The van der Waals surface area contributed by atoms with Crippen LogP contribution in [0.15, 0.2) is 0 Å². The minimum atomic E-state index is 0.309. The van der Waals surface area contributed by atoms with E-state index in [2.05, 4.69) is 39.9 Å². The van der Waals surface area contributed by atoms with Crippen LogP contribution in [0.5, 0.6) is 0 Å². The summed E-state index contributed by atoms with van der Waals surface area (Å²) in [5.41, 5.74) is 0.309. The van der Waals surface area contributed by atoms with Gasteiger partial charge in [0.2, 0.25) is 0 Å². The zero-order chi connectivity index (χ0) is 10.5. The molecule has 0 radical (unpaired) electrons. The Labute approximate surface area is 88.2 Å². The average molecular weight is 206 g/mol. The molecule has 0 aromatic heterocycles. The lowest BCUT2D eigenvalue weighted by Gasteiger charge is -2.32. The second kappa shape index (κ2) is 5.87. The summed E-state index contributed by atoms with van der Waals surface area (Å²) in [6, 6.07) is 0.535. The van der Waals surface area contributed by atoms with Crippen LogP contribution >= 0.6 is 11.6 Å². The van der Waals surface area contributed by atoms with Crippen molar-refractivity contribution in [3.8, 4) is 0 Å². The summed E-state index contributed by atoms with van der Waals surface area (Å²) >= 11 is 5.78. The fourth-order valence-corrected chi connectivity index (χ4v) is 1.55. The molecule has 1 unspecified atom stereocenters. The topological polar surface area (TPSA) is 12.0 Å². The molecule has 1 N–H and O–H groups in total. The summed E-state index contributed by atoms with van der Waals surface area (Å²) in [6.45, 7) is 12.3. The summed E-state index contributed by atoms with van der Waals surface area (Å²) in [6.07, 6.45) is 1.05. The van der Waals surface area contributed by atoms with Crippen molar-refractivity contribution >= 4 is 11.6 Å². The first kappa shape index (κ1) is 13.2. The molecule has 0 saturated carbocycles. The Morgan fingerprint density at radius 2 is 1.77 bits per heavy atom. The number of hydrogen-bond donors (Lipinski definition) is 1. The molecule has 1 atom stereocenters. The predicted octanol–water partition coefficient (Wildman–Crippen LogP) is 3.28. The summed E-state index contributed by atoms with van der Waals surface area (Å²) in [4.78, 5) is 0. The number of alkyl halides is 1. The highest BCUT2D eigenvalue weighted by molar-refractivity contribution is 6.17. The van der Waals surface area contributed by atoms with Crippen LogP contribution in [-0.4, -0.2) is 18.5 Å². The Kier molecular flexibility index (Phi) is 5.98. The van der Waals surface area contributed by atoms with Gasteiger partial charge in [-0.3, -0.25) is 0 Å². The van der Waals surface area contributed by atoms with Crippen molar-refractivity contribution in [2.24, 2.45) is 11.3 Å². The van der Waals surface area contributed by atoms with E-state index in [4.69, 9.17) is 11.6 Å². The first-order valence-electron chi connectivity index (χ1n) is 5.17. The number of rotatable bonds is 5. The van der Waals surface area contributed by atoms with Crippen molar-refractivity contribution in [2.45, 2.75) is 47.1 Å². The van der Waals surface area contributed by atoms with Crippen LogP contribution in [0.3, 0.4) is 0 Å². The van der Waals surface area contributed by atoms with Gasteiger partial charge in [0.25, 0.3) is 0 Å². The number of nitrogens with one attached hydrogen (secondary N) is 1. The molecule has 0 aromatic rings. The van der Waals surface area contributed by atoms with Gasteiger partial charge in [-0.25, -0.2) is 0 Å². The van der Waals surface area contributed by atoms with Gasteiger partial charge in [-0.1, -0.05) is 34.6 Å². The standard InChI is InChI=1S/C11H24ClN/c1-9(2)8-13-10(6-7-12)11(3,4)5/h9-10,13H,6-8H2,1-5H3. The molecule has 0 aliphatic rings. The van der Waals surface area contributed by atoms with Gasteiger partial charge in [-0.05, 0) is 24.3 Å². The van der Waals surface area contributed by atoms with Crippen LogP contribution in [0.2, 0.25) is 0 Å². The van der Waals surface area contributed by atoms with Crippen LogP contribution in [0.25, 0.3) is 0 Å². The van der Waals surface area contributed by atoms with Gasteiger partial charge < -0.3 is 5.32 Å². The second-order valence-electron chi connectivity index (χ2n) is 5.20. The molecule has 0 heterocycles. The molecule has 2 heteroatoms. The lowest BCUT2D eigenvalue weighted by molar-refractivity contribution is 0.255. The average Bonchev–Trinajstić information content (AvgIpc) is 1.95. The molecule has 0 spiro atoms. The number of hydrogen-bond acceptors (Lipinski definition) is 1. The summed E-state index contributed by atoms with van der Waals surface area (Å²) in [5.74, 6) is 1.45. The third-order valence-corrected chi connectivity index (χ3v) is 2.43. The van der Waals surface area contributed by atoms with Gasteiger partial charge in [0.05, 0.1) is 0 Å². The first-order chi connectivity index (χ1) is 5.88. The van der Waals surface area contributed by atoms with E-state index in [1.165, 1.54) is 0 Å². The molecule has 1 nitrogen and oxygen atoms in total. The van der Waals surface area contributed by atoms with Gasteiger partial charge in [-0.15, -0.1) is 11.6 Å². The molecular weight excluding hydrogens is 182 g/mol. The van der Waals surface area contributed by atoms with E-state index < -0.39 is 0 Å². The fraction of sp³-hybridized carbons (Fsp3) is 1.00. The molecule has 0 aliphatic heterocycles. The summed E-state index contributed by atoms with van der Waals surface area (Å²) < 4.78 is 0. The van der Waals surface area contributed by atoms with Gasteiger partial charge in [0, 0.05) is 11.9 Å². The summed E-state index contributed by atoms with van der Waals surface area (Å²) in [7, 11) is 0. The van der Waals surface area contributed by atoms with Gasteiger partial charge in [0.15, 0.2) is 0 Å². The Hall–Kier alpha value is 0.250. The monoisotopic (exact) mass is 205 g/mol. The molecule has 0 aromatic carbocycles. The van der Waals surface area contributed by atoms with Crippen molar-refractivity contribution in [3.05, 3.63) is 0 Å². The maximum Gasteiger partial charge on any atom is 0.0238 e. The largest absolute Gasteiger partial charge is 0.313 e. The van der Waals surface area contributed by atoms with E-state index >= 15 is 0 Å². The first-order valence-corrected chi connectivity index (χ1v) is 5.70. The van der Waals surface area contributed by atoms with E-state index in [0.29, 0.717) is 17.4 Å². The molecule has 0 bridgehead atoms. The molecule has 0 fully saturated rings. The van der Waals surface area contributed by atoms with Crippen molar-refractivity contribution < 1.29 is 0 Å². The van der Waals surface area contributed by atoms with E-state index in [9.17, 15) is 0 Å². The highest BCUT2D eigenvalue weighted by Crippen LogP contribution is 2.22. The van der Waals surface area contributed by atoms with Crippen molar-refractivity contribution in [1.82, 2.24) is 5.32 Å². The Morgan fingerprint density at radius 1 is 1.23 bits per heavy atom. The quantitative estimate of drug-likeness (QED) is 0.680. The van der Waals surface area contributed by atoms with Crippen LogP contribution < -0.4 is 5.32 Å². The third-order valence-electron chi connectivity index (χ3n) is 2.22.